The van der Waals surface area contributed by atoms with Gasteiger partial charge in [0.05, 0.1) is 18.5 Å². The van der Waals surface area contributed by atoms with Gasteiger partial charge in [-0.25, -0.2) is 4.68 Å². The van der Waals surface area contributed by atoms with Crippen molar-refractivity contribution >= 4 is 23.2 Å². The third-order valence-corrected chi connectivity index (χ3v) is 4.75. The number of ether oxygens (including phenoxy) is 1. The number of carbonyl (C=O) groups is 2. The fourth-order valence-corrected chi connectivity index (χ4v) is 3.01. The second kappa shape index (κ2) is 9.91. The normalized spacial score (nSPS) is 10.7. The lowest BCUT2D eigenvalue weighted by molar-refractivity contribution is -0.119. The lowest BCUT2D eigenvalue weighted by Crippen LogP contribution is -2.33. The van der Waals surface area contributed by atoms with Gasteiger partial charge in [-0.15, -0.1) is 0 Å². The molecule has 8 nitrogen and oxygen atoms in total. The molecular weight excluding hydrogens is 408 g/mol. The smallest absolute Gasteiger partial charge is 0.291 e. The van der Waals surface area contributed by atoms with E-state index in [0.29, 0.717) is 17.1 Å². The number of carbonyl (C=O) groups excluding carboxylic acids is 2. The molecule has 0 bridgehead atoms. The van der Waals surface area contributed by atoms with Gasteiger partial charge in [0, 0.05) is 11.5 Å². The molecule has 2 aromatic carbocycles. The predicted octanol–water partition coefficient (Wildman–Crippen LogP) is 3.46. The number of benzene rings is 2. The van der Waals surface area contributed by atoms with Crippen LogP contribution in [-0.2, 0) is 16.1 Å². The van der Waals surface area contributed by atoms with E-state index >= 15 is 0 Å². The van der Waals surface area contributed by atoms with E-state index in [9.17, 15) is 14.4 Å². The van der Waals surface area contributed by atoms with Gasteiger partial charge in [0.25, 0.3) is 5.56 Å². The quantitative estimate of drug-likeness (QED) is 0.593. The molecule has 3 rings (SSSR count). The molecule has 0 aliphatic heterocycles. The molecule has 0 aliphatic rings. The average Bonchev–Trinajstić information content (AvgIpc) is 2.77. The van der Waals surface area contributed by atoms with E-state index in [1.807, 2.05) is 43.3 Å². The highest BCUT2D eigenvalue weighted by Crippen LogP contribution is 2.25. The molecule has 166 valence electrons. The van der Waals surface area contributed by atoms with Gasteiger partial charge in [0.1, 0.15) is 18.0 Å². The summed E-state index contributed by atoms with van der Waals surface area (Å²) in [5, 5.41) is 9.77. The summed E-state index contributed by atoms with van der Waals surface area (Å²) in [6.45, 7) is 5.03. The third kappa shape index (κ3) is 5.40. The highest BCUT2D eigenvalue weighted by molar-refractivity contribution is 5.93. The number of rotatable bonds is 7. The van der Waals surface area contributed by atoms with Crippen molar-refractivity contribution in [2.45, 2.75) is 27.3 Å². The summed E-state index contributed by atoms with van der Waals surface area (Å²) in [6.07, 6.45) is 0. The van der Waals surface area contributed by atoms with Gasteiger partial charge in [0.15, 0.2) is 0 Å². The maximum atomic E-state index is 13.0. The number of amides is 2. The molecule has 2 N–H and O–H groups in total. The fraction of sp³-hybridized carbons (Fsp3) is 0.250. The first kappa shape index (κ1) is 22.7. The summed E-state index contributed by atoms with van der Waals surface area (Å²) in [5.74, 6) is -0.553. The zero-order valence-electron chi connectivity index (χ0n) is 18.5. The van der Waals surface area contributed by atoms with Crippen LogP contribution in [0.3, 0.4) is 0 Å². The van der Waals surface area contributed by atoms with Crippen LogP contribution < -0.4 is 20.9 Å². The van der Waals surface area contributed by atoms with Gasteiger partial charge >= 0.3 is 0 Å². The van der Waals surface area contributed by atoms with Crippen LogP contribution in [0.1, 0.15) is 19.4 Å². The molecule has 32 heavy (non-hydrogen) atoms. The first-order valence-electron chi connectivity index (χ1n) is 10.2. The van der Waals surface area contributed by atoms with Crippen LogP contribution in [-0.4, -0.2) is 28.7 Å². The van der Waals surface area contributed by atoms with Crippen LogP contribution in [0.25, 0.3) is 11.3 Å². The van der Waals surface area contributed by atoms with Gasteiger partial charge in [-0.05, 0) is 30.7 Å². The molecule has 0 fully saturated rings. The Labute approximate surface area is 186 Å². The van der Waals surface area contributed by atoms with Crippen LogP contribution >= 0.6 is 0 Å². The van der Waals surface area contributed by atoms with Crippen molar-refractivity contribution in [1.29, 1.82) is 0 Å². The van der Waals surface area contributed by atoms with Gasteiger partial charge in [0.2, 0.25) is 11.8 Å². The molecule has 0 aliphatic carbocycles. The Hall–Kier alpha value is -3.94. The van der Waals surface area contributed by atoms with Crippen LogP contribution in [0.2, 0.25) is 0 Å². The summed E-state index contributed by atoms with van der Waals surface area (Å²) in [4.78, 5) is 37.9. The van der Waals surface area contributed by atoms with Crippen LogP contribution in [0.15, 0.2) is 59.4 Å². The lowest BCUT2D eigenvalue weighted by atomic mass is 10.1. The number of hydrogen-bond acceptors (Lipinski definition) is 5. The molecule has 0 saturated carbocycles. The number of aromatic nitrogens is 2. The number of anilines is 2. The Morgan fingerprint density at radius 1 is 1.03 bits per heavy atom. The molecule has 0 atom stereocenters. The number of hydrogen-bond donors (Lipinski definition) is 2. The van der Waals surface area contributed by atoms with Crippen molar-refractivity contribution < 1.29 is 14.3 Å². The second-order valence-corrected chi connectivity index (χ2v) is 7.67. The maximum Gasteiger partial charge on any atom is 0.291 e. The maximum absolute atomic E-state index is 13.0. The van der Waals surface area contributed by atoms with Crippen molar-refractivity contribution in [3.8, 4) is 17.0 Å². The molecular formula is C24H26N4O4. The van der Waals surface area contributed by atoms with E-state index in [1.54, 1.807) is 26.0 Å². The second-order valence-electron chi connectivity index (χ2n) is 7.67. The molecule has 2 amide bonds. The van der Waals surface area contributed by atoms with E-state index in [4.69, 9.17) is 4.74 Å². The summed E-state index contributed by atoms with van der Waals surface area (Å²) in [6, 6.07) is 16.1. The van der Waals surface area contributed by atoms with E-state index in [-0.39, 0.29) is 24.1 Å². The third-order valence-electron chi connectivity index (χ3n) is 4.75. The SMILES string of the molecule is COc1ccc(C)cc1NC(=O)Cn1nc(-c2ccccc2)cc(NC(=O)C(C)C)c1=O. The van der Waals surface area contributed by atoms with E-state index in [1.165, 1.54) is 13.2 Å². The Morgan fingerprint density at radius 2 is 1.75 bits per heavy atom. The Bertz CT molecular complexity index is 1190. The van der Waals surface area contributed by atoms with E-state index in [0.717, 1.165) is 15.8 Å². The number of nitrogens with zero attached hydrogens (tertiary/aromatic N) is 2. The van der Waals surface area contributed by atoms with Gasteiger partial charge in [-0.2, -0.15) is 5.10 Å². The number of nitrogens with one attached hydrogen (secondary N) is 2. The van der Waals surface area contributed by atoms with Gasteiger partial charge in [-0.1, -0.05) is 50.2 Å². The molecule has 0 spiro atoms. The molecule has 8 heteroatoms. The van der Waals surface area contributed by atoms with Crippen molar-refractivity contribution in [2.75, 3.05) is 17.7 Å². The monoisotopic (exact) mass is 434 g/mol. The summed E-state index contributed by atoms with van der Waals surface area (Å²) >= 11 is 0. The minimum Gasteiger partial charge on any atom is -0.495 e. The zero-order valence-corrected chi connectivity index (χ0v) is 18.5. The number of methoxy groups -OCH3 is 1. The molecule has 0 saturated heterocycles. The Morgan fingerprint density at radius 3 is 2.41 bits per heavy atom. The summed E-state index contributed by atoms with van der Waals surface area (Å²) < 4.78 is 6.34. The number of aryl methyl sites for hydroxylation is 1. The standard InChI is InChI=1S/C24H26N4O4/c1-15(2)23(30)26-20-13-18(17-8-6-5-7-9-17)27-28(24(20)31)14-22(29)25-19-12-16(3)10-11-21(19)32-4/h5-13,15H,14H2,1-4H3,(H,25,29)(H,26,30). The fourth-order valence-electron chi connectivity index (χ4n) is 3.01. The highest BCUT2D eigenvalue weighted by atomic mass is 16.5. The molecule has 3 aromatic rings. The van der Waals surface area contributed by atoms with Crippen LogP contribution in [0.4, 0.5) is 11.4 Å². The first-order valence-corrected chi connectivity index (χ1v) is 10.2. The highest BCUT2D eigenvalue weighted by Gasteiger charge is 2.17. The zero-order chi connectivity index (χ0) is 23.3. The lowest BCUT2D eigenvalue weighted by Gasteiger charge is -2.14. The van der Waals surface area contributed by atoms with Crippen molar-refractivity contribution in [3.05, 3.63) is 70.5 Å². The molecule has 0 unspecified atom stereocenters. The van der Waals surface area contributed by atoms with Crippen molar-refractivity contribution in [2.24, 2.45) is 5.92 Å². The van der Waals surface area contributed by atoms with Gasteiger partial charge in [-0.3, -0.25) is 14.4 Å². The average molecular weight is 434 g/mol. The van der Waals surface area contributed by atoms with Gasteiger partial charge < -0.3 is 15.4 Å². The Balaban J connectivity index is 1.96. The largest absolute Gasteiger partial charge is 0.495 e. The molecule has 1 aromatic heterocycles. The minimum absolute atomic E-state index is 0.0680. The van der Waals surface area contributed by atoms with Crippen LogP contribution in [0, 0.1) is 12.8 Å². The molecule has 0 radical (unpaired) electrons. The first-order chi connectivity index (χ1) is 15.3. The summed E-state index contributed by atoms with van der Waals surface area (Å²) in [7, 11) is 1.51. The minimum atomic E-state index is -0.565. The molecule has 1 heterocycles. The van der Waals surface area contributed by atoms with Crippen molar-refractivity contribution in [3.63, 3.8) is 0 Å². The predicted molar refractivity (Wildman–Crippen MR) is 124 cm³/mol. The topological polar surface area (TPSA) is 102 Å². The van der Waals surface area contributed by atoms with E-state index in [2.05, 4.69) is 15.7 Å². The van der Waals surface area contributed by atoms with Crippen molar-refractivity contribution in [1.82, 2.24) is 9.78 Å². The summed E-state index contributed by atoms with van der Waals surface area (Å²) in [5.41, 5.74) is 2.16. The van der Waals surface area contributed by atoms with E-state index < -0.39 is 11.5 Å². The van der Waals surface area contributed by atoms with Crippen LogP contribution in [0.5, 0.6) is 5.75 Å². The Kier molecular flexibility index (Phi) is 7.04.